The lowest BCUT2D eigenvalue weighted by molar-refractivity contribution is 0.101. The first-order valence-electron chi connectivity index (χ1n) is 10.9. The van der Waals surface area contributed by atoms with Gasteiger partial charge in [0.1, 0.15) is 10.7 Å². The molecule has 0 bridgehead atoms. The Balaban J connectivity index is 1.44. The number of hydrogen-bond donors (Lipinski definition) is 2. The van der Waals surface area contributed by atoms with Crippen LogP contribution in [0.5, 0.6) is 0 Å². The van der Waals surface area contributed by atoms with Gasteiger partial charge in [-0.25, -0.2) is 4.98 Å². The molecule has 176 valence electrons. The number of nitrogens with one attached hydrogen (secondary N) is 2. The average Bonchev–Trinajstić information content (AvgIpc) is 2.84. The molecule has 2 heterocycles. The van der Waals surface area contributed by atoms with Crippen molar-refractivity contribution in [2.45, 2.75) is 24.6 Å². The number of aryl methyl sites for hydroxylation is 2. The van der Waals surface area contributed by atoms with Crippen LogP contribution in [-0.4, -0.2) is 21.8 Å². The van der Waals surface area contributed by atoms with Crippen LogP contribution in [0.4, 0.5) is 11.4 Å². The summed E-state index contributed by atoms with van der Waals surface area (Å²) in [6.45, 7) is 3.99. The topological polar surface area (TPSA) is 84.0 Å². The second kappa shape index (κ2) is 11.2. The van der Waals surface area contributed by atoms with Crippen molar-refractivity contribution < 1.29 is 9.59 Å². The summed E-state index contributed by atoms with van der Waals surface area (Å²) in [5.41, 5.74) is 5.21. The maximum absolute atomic E-state index is 13.0. The van der Waals surface area contributed by atoms with Gasteiger partial charge in [0.15, 0.2) is 0 Å². The predicted molar refractivity (Wildman–Crippen MR) is 141 cm³/mol. The fraction of sp³-hybridized carbons (Fsp3) is 0.111. The summed E-state index contributed by atoms with van der Waals surface area (Å²) in [4.78, 5) is 34.2. The van der Waals surface area contributed by atoms with Crippen LogP contribution in [0.3, 0.4) is 0 Å². The molecule has 2 aromatic carbocycles. The van der Waals surface area contributed by atoms with Gasteiger partial charge in [0.25, 0.3) is 11.8 Å². The quantitative estimate of drug-likeness (QED) is 0.280. The van der Waals surface area contributed by atoms with Gasteiger partial charge in [-0.3, -0.25) is 14.6 Å². The highest BCUT2D eigenvalue weighted by atomic mass is 35.5. The highest BCUT2D eigenvalue weighted by Crippen LogP contribution is 2.26. The number of halogens is 1. The largest absolute Gasteiger partial charge is 0.322 e. The zero-order valence-corrected chi connectivity index (χ0v) is 20.8. The highest BCUT2D eigenvalue weighted by molar-refractivity contribution is 7.98. The summed E-state index contributed by atoms with van der Waals surface area (Å²) in [5, 5.41) is 6.98. The Kier molecular flexibility index (Phi) is 7.80. The molecule has 0 fully saturated rings. The van der Waals surface area contributed by atoms with Crippen molar-refractivity contribution in [2.24, 2.45) is 0 Å². The van der Waals surface area contributed by atoms with Gasteiger partial charge in [-0.05, 0) is 91.2 Å². The SMILES string of the molecule is Cc1cc(C)cc(NC(=O)c2cccnc2SCc2ccnc(C(=O)Nc3ccc(Cl)cc3)c2)c1. The zero-order valence-electron chi connectivity index (χ0n) is 19.2. The van der Waals surface area contributed by atoms with Gasteiger partial charge in [0.2, 0.25) is 0 Å². The number of carbonyl (C=O) groups excluding carboxylic acids is 2. The summed E-state index contributed by atoms with van der Waals surface area (Å²) < 4.78 is 0. The molecule has 0 aliphatic rings. The molecule has 6 nitrogen and oxygen atoms in total. The summed E-state index contributed by atoms with van der Waals surface area (Å²) in [7, 11) is 0. The third kappa shape index (κ3) is 6.68. The number of anilines is 2. The van der Waals surface area contributed by atoms with Gasteiger partial charge in [-0.2, -0.15) is 0 Å². The summed E-state index contributed by atoms with van der Waals surface area (Å²) in [6, 6.07) is 19.9. The van der Waals surface area contributed by atoms with E-state index in [1.165, 1.54) is 11.8 Å². The van der Waals surface area contributed by atoms with Crippen molar-refractivity contribution >= 4 is 46.6 Å². The van der Waals surface area contributed by atoms with E-state index in [4.69, 9.17) is 11.6 Å². The predicted octanol–water partition coefficient (Wildman–Crippen LogP) is 6.54. The molecule has 4 rings (SSSR count). The summed E-state index contributed by atoms with van der Waals surface area (Å²) in [6.07, 6.45) is 3.26. The molecule has 0 saturated heterocycles. The number of thioether (sulfide) groups is 1. The number of benzene rings is 2. The van der Waals surface area contributed by atoms with E-state index < -0.39 is 0 Å². The molecule has 0 unspecified atom stereocenters. The smallest absolute Gasteiger partial charge is 0.274 e. The Morgan fingerprint density at radius 2 is 1.54 bits per heavy atom. The molecule has 2 aromatic heterocycles. The molecular formula is C27H23ClN4O2S. The van der Waals surface area contributed by atoms with E-state index in [9.17, 15) is 9.59 Å². The molecule has 0 saturated carbocycles. The number of nitrogens with zero attached hydrogens (tertiary/aromatic N) is 2. The summed E-state index contributed by atoms with van der Waals surface area (Å²) in [5.74, 6) is -0.0150. The number of pyridine rings is 2. The molecule has 8 heteroatoms. The van der Waals surface area contributed by atoms with Crippen LogP contribution < -0.4 is 10.6 Å². The molecule has 2 amide bonds. The first kappa shape index (κ1) is 24.4. The van der Waals surface area contributed by atoms with Crippen LogP contribution in [-0.2, 0) is 5.75 Å². The Hall–Kier alpha value is -3.68. The van der Waals surface area contributed by atoms with E-state index in [1.54, 1.807) is 54.9 Å². The monoisotopic (exact) mass is 502 g/mol. The second-order valence-corrected chi connectivity index (χ2v) is 9.39. The van der Waals surface area contributed by atoms with Gasteiger partial charge < -0.3 is 10.6 Å². The van der Waals surface area contributed by atoms with E-state index in [1.807, 2.05) is 32.0 Å². The lowest BCUT2D eigenvalue weighted by Crippen LogP contribution is -2.14. The number of hydrogen-bond acceptors (Lipinski definition) is 5. The number of rotatable bonds is 7. The molecule has 0 atom stereocenters. The fourth-order valence-electron chi connectivity index (χ4n) is 3.49. The first-order valence-corrected chi connectivity index (χ1v) is 12.2. The van der Waals surface area contributed by atoms with Crippen molar-refractivity contribution in [3.63, 3.8) is 0 Å². The lowest BCUT2D eigenvalue weighted by atomic mass is 10.1. The van der Waals surface area contributed by atoms with Crippen LogP contribution in [0.25, 0.3) is 0 Å². The maximum atomic E-state index is 13.0. The van der Waals surface area contributed by atoms with Gasteiger partial charge in [-0.15, -0.1) is 11.8 Å². The van der Waals surface area contributed by atoms with Crippen LogP contribution in [0.1, 0.15) is 37.5 Å². The van der Waals surface area contributed by atoms with Crippen LogP contribution in [0.15, 0.2) is 84.1 Å². The van der Waals surface area contributed by atoms with Crippen molar-refractivity contribution in [1.82, 2.24) is 9.97 Å². The van der Waals surface area contributed by atoms with Crippen LogP contribution in [0.2, 0.25) is 5.02 Å². The average molecular weight is 503 g/mol. The minimum atomic E-state index is -0.314. The van der Waals surface area contributed by atoms with Crippen molar-refractivity contribution in [2.75, 3.05) is 10.6 Å². The molecule has 0 aliphatic heterocycles. The Labute approximate surface area is 213 Å². The second-order valence-electron chi connectivity index (χ2n) is 7.99. The van der Waals surface area contributed by atoms with Gasteiger partial charge in [0.05, 0.1) is 5.56 Å². The molecule has 0 spiro atoms. The number of amides is 2. The molecule has 4 aromatic rings. The van der Waals surface area contributed by atoms with Gasteiger partial charge in [0, 0.05) is 34.5 Å². The van der Waals surface area contributed by atoms with Gasteiger partial charge in [-0.1, -0.05) is 17.7 Å². The van der Waals surface area contributed by atoms with E-state index in [0.29, 0.717) is 32.7 Å². The van der Waals surface area contributed by atoms with E-state index >= 15 is 0 Å². The minimum Gasteiger partial charge on any atom is -0.322 e. The Morgan fingerprint density at radius 1 is 0.829 bits per heavy atom. The third-order valence-corrected chi connectivity index (χ3v) is 6.36. The van der Waals surface area contributed by atoms with Crippen molar-refractivity contribution in [3.8, 4) is 0 Å². The molecule has 0 aliphatic carbocycles. The Bertz CT molecular complexity index is 1360. The molecular weight excluding hydrogens is 480 g/mol. The van der Waals surface area contributed by atoms with Crippen molar-refractivity contribution in [3.05, 3.63) is 112 Å². The van der Waals surface area contributed by atoms with Crippen LogP contribution in [0, 0.1) is 13.8 Å². The summed E-state index contributed by atoms with van der Waals surface area (Å²) >= 11 is 7.32. The van der Waals surface area contributed by atoms with Gasteiger partial charge >= 0.3 is 0 Å². The molecule has 0 radical (unpaired) electrons. The number of carbonyl (C=O) groups is 2. The zero-order chi connectivity index (χ0) is 24.8. The maximum Gasteiger partial charge on any atom is 0.274 e. The highest BCUT2D eigenvalue weighted by Gasteiger charge is 2.15. The molecule has 35 heavy (non-hydrogen) atoms. The normalized spacial score (nSPS) is 10.6. The Morgan fingerprint density at radius 3 is 2.29 bits per heavy atom. The third-order valence-electron chi connectivity index (χ3n) is 5.03. The first-order chi connectivity index (χ1) is 16.9. The fourth-order valence-corrected chi connectivity index (χ4v) is 4.55. The van der Waals surface area contributed by atoms with Crippen molar-refractivity contribution in [1.29, 1.82) is 0 Å². The minimum absolute atomic E-state index is 0.219. The standard InChI is InChI=1S/C27H23ClN4O2S/c1-17-12-18(2)14-22(13-17)32-25(33)23-4-3-10-30-27(23)35-16-19-9-11-29-24(15-19)26(34)31-21-7-5-20(28)6-8-21/h3-15H,16H2,1-2H3,(H,31,34)(H,32,33). The lowest BCUT2D eigenvalue weighted by Gasteiger charge is -2.11. The molecule has 2 N–H and O–H groups in total. The van der Waals surface area contributed by atoms with Crippen LogP contribution >= 0.6 is 23.4 Å². The number of aromatic nitrogens is 2. The van der Waals surface area contributed by atoms with E-state index in [2.05, 4.69) is 26.7 Å². The van der Waals surface area contributed by atoms with E-state index in [0.717, 1.165) is 22.4 Å². The van der Waals surface area contributed by atoms with E-state index in [-0.39, 0.29) is 11.8 Å².